The number of hydrogen-bond acceptors (Lipinski definition) is 3. The van der Waals surface area contributed by atoms with E-state index in [0.29, 0.717) is 12.3 Å². The molecule has 0 aliphatic carbocycles. The quantitative estimate of drug-likeness (QED) is 0.880. The molecule has 0 radical (unpaired) electrons. The number of rotatable bonds is 3. The van der Waals surface area contributed by atoms with E-state index in [1.807, 2.05) is 23.8 Å². The van der Waals surface area contributed by atoms with Gasteiger partial charge in [-0.1, -0.05) is 0 Å². The van der Waals surface area contributed by atoms with Crippen molar-refractivity contribution in [1.82, 2.24) is 19.9 Å². The molecule has 2 aromatic rings. The van der Waals surface area contributed by atoms with Crippen LogP contribution in [0, 0.1) is 6.92 Å². The van der Waals surface area contributed by atoms with Crippen LogP contribution in [0.1, 0.15) is 30.3 Å². The van der Waals surface area contributed by atoms with Crippen molar-refractivity contribution in [3.05, 3.63) is 23.7 Å². The van der Waals surface area contributed by atoms with Crippen molar-refractivity contribution < 1.29 is 4.79 Å². The van der Waals surface area contributed by atoms with E-state index >= 15 is 0 Å². The van der Waals surface area contributed by atoms with Crippen molar-refractivity contribution in [2.24, 2.45) is 0 Å². The molecule has 1 aliphatic heterocycles. The molecule has 0 bridgehead atoms. The molecule has 106 valence electrons. The molecule has 1 amide bonds. The number of pyridine rings is 1. The number of amides is 1. The van der Waals surface area contributed by atoms with Gasteiger partial charge in [-0.15, -0.1) is 11.6 Å². The van der Waals surface area contributed by atoms with Crippen molar-refractivity contribution in [1.29, 1.82) is 0 Å². The molecule has 5 nitrogen and oxygen atoms in total. The van der Waals surface area contributed by atoms with Crippen molar-refractivity contribution in [2.45, 2.75) is 32.2 Å². The lowest BCUT2D eigenvalue weighted by atomic mass is 10.1. The van der Waals surface area contributed by atoms with Crippen LogP contribution in [0.3, 0.4) is 0 Å². The zero-order valence-corrected chi connectivity index (χ0v) is 12.2. The van der Waals surface area contributed by atoms with Crippen LogP contribution in [0.5, 0.6) is 0 Å². The minimum atomic E-state index is -0.220. The first kappa shape index (κ1) is 13.4. The van der Waals surface area contributed by atoms with E-state index < -0.39 is 0 Å². The molecule has 1 aliphatic rings. The topological polar surface area (TPSA) is 59.8 Å². The number of nitrogens with one attached hydrogen (secondary N) is 1. The number of hydrogen-bond donors (Lipinski definition) is 1. The molecule has 0 spiro atoms. The molecule has 1 fully saturated rings. The fourth-order valence-corrected chi connectivity index (χ4v) is 2.89. The molecule has 1 N–H and O–H groups in total. The van der Waals surface area contributed by atoms with Gasteiger partial charge < -0.3 is 5.32 Å². The Kier molecular flexibility index (Phi) is 3.61. The molecule has 6 heteroatoms. The van der Waals surface area contributed by atoms with Crippen LogP contribution in [-0.2, 0) is 11.2 Å². The minimum absolute atomic E-state index is 0.0498. The van der Waals surface area contributed by atoms with Gasteiger partial charge in [0.25, 0.3) is 0 Å². The molecule has 3 rings (SSSR count). The van der Waals surface area contributed by atoms with Crippen LogP contribution in [0.4, 0.5) is 0 Å². The third-order valence-electron chi connectivity index (χ3n) is 3.63. The number of aromatic nitrogens is 3. The lowest BCUT2D eigenvalue weighted by Crippen LogP contribution is -2.38. The van der Waals surface area contributed by atoms with Gasteiger partial charge in [0.15, 0.2) is 5.65 Å². The summed E-state index contributed by atoms with van der Waals surface area (Å²) in [6, 6.07) is 1.78. The van der Waals surface area contributed by atoms with Crippen molar-refractivity contribution >= 4 is 28.7 Å². The molecule has 3 heterocycles. The highest BCUT2D eigenvalue weighted by Gasteiger charge is 2.28. The lowest BCUT2D eigenvalue weighted by Gasteiger charge is -2.24. The van der Waals surface area contributed by atoms with Crippen LogP contribution in [0.15, 0.2) is 12.3 Å². The Balaban J connectivity index is 2.15. The zero-order chi connectivity index (χ0) is 14.1. The molecule has 2 aromatic heterocycles. The first-order chi connectivity index (χ1) is 9.70. The van der Waals surface area contributed by atoms with Gasteiger partial charge in [-0.25, -0.2) is 9.97 Å². The van der Waals surface area contributed by atoms with Gasteiger partial charge >= 0.3 is 0 Å². The Bertz CT molecular complexity index is 652. The van der Waals surface area contributed by atoms with Crippen molar-refractivity contribution in [3.8, 4) is 0 Å². The fraction of sp³-hybridized carbons (Fsp3) is 0.500. The van der Waals surface area contributed by atoms with Gasteiger partial charge in [-0.05, 0) is 31.4 Å². The zero-order valence-electron chi connectivity index (χ0n) is 11.4. The van der Waals surface area contributed by atoms with Gasteiger partial charge in [0.05, 0.1) is 0 Å². The smallest absolute Gasteiger partial charge is 0.243 e. The van der Waals surface area contributed by atoms with E-state index in [0.717, 1.165) is 41.9 Å². The van der Waals surface area contributed by atoms with Crippen molar-refractivity contribution in [3.63, 3.8) is 0 Å². The van der Waals surface area contributed by atoms with E-state index in [1.54, 1.807) is 0 Å². The van der Waals surface area contributed by atoms with Crippen LogP contribution < -0.4 is 5.32 Å². The van der Waals surface area contributed by atoms with E-state index in [-0.39, 0.29) is 11.9 Å². The Morgan fingerprint density at radius 1 is 1.55 bits per heavy atom. The number of nitrogens with zero attached hydrogens (tertiary/aromatic N) is 3. The number of halogens is 1. The summed E-state index contributed by atoms with van der Waals surface area (Å²) in [5.41, 5.74) is 2.67. The Labute approximate surface area is 122 Å². The second kappa shape index (κ2) is 5.40. The number of carbonyl (C=O) groups excluding carboxylic acids is 1. The summed E-state index contributed by atoms with van der Waals surface area (Å²) in [6.07, 6.45) is 4.25. The highest BCUT2D eigenvalue weighted by atomic mass is 35.5. The predicted octanol–water partition coefficient (Wildman–Crippen LogP) is 1.97. The Morgan fingerprint density at radius 2 is 2.40 bits per heavy atom. The molecule has 1 unspecified atom stereocenters. The maximum atomic E-state index is 12.1. The van der Waals surface area contributed by atoms with Crippen LogP contribution in [-0.4, -0.2) is 32.9 Å². The highest BCUT2D eigenvalue weighted by Crippen LogP contribution is 2.26. The number of aryl methyl sites for hydroxylation is 2. The molecule has 1 atom stereocenters. The third kappa shape index (κ3) is 2.26. The van der Waals surface area contributed by atoms with E-state index in [1.165, 1.54) is 0 Å². The SMILES string of the molecule is Cc1cnc2c(c1)nc(CCCl)n2C1CCCNC1=O. The summed E-state index contributed by atoms with van der Waals surface area (Å²) in [5.74, 6) is 1.38. The van der Waals surface area contributed by atoms with Gasteiger partial charge in [0, 0.05) is 25.0 Å². The predicted molar refractivity (Wildman–Crippen MR) is 78.0 cm³/mol. The molecular formula is C14H17ClN4O. The van der Waals surface area contributed by atoms with Gasteiger partial charge in [-0.2, -0.15) is 0 Å². The standard InChI is InChI=1S/C14H17ClN4O/c1-9-7-10-13(17-8-9)19(12(18-10)4-5-15)11-3-2-6-16-14(11)20/h7-8,11H,2-6H2,1H3,(H,16,20). The molecule has 0 aromatic carbocycles. The maximum absolute atomic E-state index is 12.1. The summed E-state index contributed by atoms with van der Waals surface area (Å²) in [5, 5.41) is 2.92. The van der Waals surface area contributed by atoms with E-state index in [9.17, 15) is 4.79 Å². The largest absolute Gasteiger partial charge is 0.354 e. The first-order valence-electron chi connectivity index (χ1n) is 6.88. The van der Waals surface area contributed by atoms with Crippen LogP contribution in [0.25, 0.3) is 11.2 Å². The average Bonchev–Trinajstić information content (AvgIpc) is 2.77. The van der Waals surface area contributed by atoms with E-state index in [2.05, 4.69) is 15.3 Å². The monoisotopic (exact) mass is 292 g/mol. The summed E-state index contributed by atoms with van der Waals surface area (Å²) in [4.78, 5) is 21.2. The number of carbonyl (C=O) groups is 1. The fourth-order valence-electron chi connectivity index (χ4n) is 2.72. The number of piperidine rings is 1. The van der Waals surface area contributed by atoms with Gasteiger partial charge in [0.1, 0.15) is 17.4 Å². The molecule has 20 heavy (non-hydrogen) atoms. The van der Waals surface area contributed by atoms with Crippen LogP contribution in [0.2, 0.25) is 0 Å². The highest BCUT2D eigenvalue weighted by molar-refractivity contribution is 6.17. The summed E-state index contributed by atoms with van der Waals surface area (Å²) in [7, 11) is 0. The molecular weight excluding hydrogens is 276 g/mol. The van der Waals surface area contributed by atoms with Crippen LogP contribution >= 0.6 is 11.6 Å². The average molecular weight is 293 g/mol. The Hall–Kier alpha value is -1.62. The van der Waals surface area contributed by atoms with Gasteiger partial charge in [0.2, 0.25) is 5.91 Å². The minimum Gasteiger partial charge on any atom is -0.354 e. The summed E-state index contributed by atoms with van der Waals surface area (Å²) < 4.78 is 1.96. The lowest BCUT2D eigenvalue weighted by molar-refractivity contribution is -0.125. The Morgan fingerprint density at radius 3 is 3.15 bits per heavy atom. The molecule has 0 saturated carbocycles. The van der Waals surface area contributed by atoms with Crippen molar-refractivity contribution in [2.75, 3.05) is 12.4 Å². The normalized spacial score (nSPS) is 19.3. The summed E-state index contributed by atoms with van der Waals surface area (Å²) >= 11 is 5.87. The third-order valence-corrected chi connectivity index (χ3v) is 3.81. The second-order valence-corrected chi connectivity index (χ2v) is 5.52. The van der Waals surface area contributed by atoms with Gasteiger partial charge in [-0.3, -0.25) is 9.36 Å². The first-order valence-corrected chi connectivity index (χ1v) is 7.41. The summed E-state index contributed by atoms with van der Waals surface area (Å²) in [6.45, 7) is 2.74. The number of alkyl halides is 1. The number of imidazole rings is 1. The molecule has 1 saturated heterocycles. The van der Waals surface area contributed by atoms with E-state index in [4.69, 9.17) is 11.6 Å². The number of fused-ring (bicyclic) bond motifs is 1. The maximum Gasteiger partial charge on any atom is 0.243 e. The second-order valence-electron chi connectivity index (χ2n) is 5.14.